The number of carbonyl (C=O) groups excluding carboxylic acids is 1. The molecule has 0 unspecified atom stereocenters. The van der Waals surface area contributed by atoms with Gasteiger partial charge in [0.2, 0.25) is 0 Å². The Bertz CT molecular complexity index is 954. The van der Waals surface area contributed by atoms with Crippen molar-refractivity contribution in [3.05, 3.63) is 81.0 Å². The predicted octanol–water partition coefficient (Wildman–Crippen LogP) is 3.82. The van der Waals surface area contributed by atoms with Crippen molar-refractivity contribution in [3.63, 3.8) is 0 Å². The molecule has 0 spiro atoms. The van der Waals surface area contributed by atoms with Gasteiger partial charge in [0.15, 0.2) is 5.69 Å². The second-order valence-electron chi connectivity index (χ2n) is 5.41. The number of para-hydroxylation sites is 1. The Hall–Kier alpha value is -2.64. The van der Waals surface area contributed by atoms with E-state index in [0.717, 1.165) is 5.56 Å². The Morgan fingerprint density at radius 2 is 2.00 bits per heavy atom. The molecule has 0 saturated heterocycles. The van der Waals surface area contributed by atoms with Crippen LogP contribution >= 0.6 is 27.5 Å². The first-order valence-corrected chi connectivity index (χ1v) is 8.79. The van der Waals surface area contributed by atoms with Gasteiger partial charge >= 0.3 is 0 Å². The Balaban J connectivity index is 1.67. The number of nitrogens with zero attached hydrogens (tertiary/aromatic N) is 3. The van der Waals surface area contributed by atoms with E-state index in [-0.39, 0.29) is 11.4 Å². The maximum atomic E-state index is 12.2. The highest BCUT2D eigenvalue weighted by Gasteiger charge is 2.15. The minimum Gasteiger partial charge on any atom is -0.507 e. The largest absolute Gasteiger partial charge is 0.507 e. The number of benzene rings is 2. The quantitative estimate of drug-likeness (QED) is 0.474. The number of amides is 1. The Kier molecular flexibility index (Phi) is 5.70. The van der Waals surface area contributed by atoms with Crippen molar-refractivity contribution in [2.75, 3.05) is 0 Å². The maximum absolute atomic E-state index is 12.2. The summed E-state index contributed by atoms with van der Waals surface area (Å²) in [5.41, 5.74) is 4.12. The molecule has 0 aliphatic carbocycles. The lowest BCUT2D eigenvalue weighted by Crippen LogP contribution is -2.19. The summed E-state index contributed by atoms with van der Waals surface area (Å²) in [5, 5.41) is 18.5. The number of hydrazone groups is 1. The van der Waals surface area contributed by atoms with Crippen molar-refractivity contribution in [2.24, 2.45) is 5.10 Å². The minimum atomic E-state index is -0.460. The number of phenolic OH excluding ortho intramolecular Hbond substituents is 1. The molecule has 0 radical (unpaired) electrons. The van der Waals surface area contributed by atoms with E-state index in [2.05, 4.69) is 31.6 Å². The van der Waals surface area contributed by atoms with Gasteiger partial charge in [-0.05, 0) is 45.8 Å². The van der Waals surface area contributed by atoms with Gasteiger partial charge in [0.1, 0.15) is 5.75 Å². The molecule has 0 aliphatic rings. The van der Waals surface area contributed by atoms with Crippen LogP contribution in [0.4, 0.5) is 0 Å². The van der Waals surface area contributed by atoms with Crippen molar-refractivity contribution < 1.29 is 9.90 Å². The lowest BCUT2D eigenvalue weighted by molar-refractivity contribution is 0.0948. The minimum absolute atomic E-state index is 0.0823. The summed E-state index contributed by atoms with van der Waals surface area (Å²) in [4.78, 5) is 12.2. The number of aromatic hydroxyl groups is 1. The number of halogens is 2. The molecule has 1 amide bonds. The van der Waals surface area contributed by atoms with Crippen LogP contribution in [-0.2, 0) is 6.54 Å². The standard InChI is InChI=1S/C18H14BrClN4O2/c19-15-11-24(10-12-5-7-14(20)8-6-12)23-17(15)18(26)22-21-9-13-3-1-2-4-16(13)25/h1-9,11,25H,10H2,(H,22,26). The lowest BCUT2D eigenvalue weighted by Gasteiger charge is -2.02. The average Bonchev–Trinajstić information content (AvgIpc) is 2.99. The number of hydrogen-bond acceptors (Lipinski definition) is 4. The van der Waals surface area contributed by atoms with Crippen LogP contribution in [0.1, 0.15) is 21.6 Å². The van der Waals surface area contributed by atoms with Gasteiger partial charge in [0, 0.05) is 16.8 Å². The summed E-state index contributed by atoms with van der Waals surface area (Å²) in [6.45, 7) is 0.504. The number of rotatable bonds is 5. The molecule has 2 aromatic carbocycles. The van der Waals surface area contributed by atoms with Gasteiger partial charge < -0.3 is 5.11 Å². The van der Waals surface area contributed by atoms with Gasteiger partial charge in [-0.25, -0.2) is 5.43 Å². The third-order valence-electron chi connectivity index (χ3n) is 3.50. The van der Waals surface area contributed by atoms with E-state index in [1.165, 1.54) is 12.3 Å². The van der Waals surface area contributed by atoms with E-state index in [4.69, 9.17) is 11.6 Å². The topological polar surface area (TPSA) is 79.5 Å². The van der Waals surface area contributed by atoms with Crippen LogP contribution < -0.4 is 5.43 Å². The molecular weight excluding hydrogens is 420 g/mol. The first-order chi connectivity index (χ1) is 12.5. The fourth-order valence-electron chi connectivity index (χ4n) is 2.22. The molecule has 3 rings (SSSR count). The van der Waals surface area contributed by atoms with Crippen molar-refractivity contribution in [2.45, 2.75) is 6.54 Å². The van der Waals surface area contributed by atoms with Crippen LogP contribution in [0.25, 0.3) is 0 Å². The van der Waals surface area contributed by atoms with Crippen molar-refractivity contribution >= 4 is 39.7 Å². The van der Waals surface area contributed by atoms with E-state index in [0.29, 0.717) is 21.6 Å². The fraction of sp³-hybridized carbons (Fsp3) is 0.0556. The van der Waals surface area contributed by atoms with E-state index >= 15 is 0 Å². The molecule has 0 atom stereocenters. The Labute approximate surface area is 163 Å². The van der Waals surface area contributed by atoms with E-state index < -0.39 is 5.91 Å². The highest BCUT2D eigenvalue weighted by Crippen LogP contribution is 2.17. The predicted molar refractivity (Wildman–Crippen MR) is 104 cm³/mol. The zero-order chi connectivity index (χ0) is 18.5. The number of aromatic nitrogens is 2. The van der Waals surface area contributed by atoms with Gasteiger partial charge in [-0.15, -0.1) is 0 Å². The van der Waals surface area contributed by atoms with E-state index in [1.54, 1.807) is 41.2 Å². The van der Waals surface area contributed by atoms with Crippen LogP contribution in [0.3, 0.4) is 0 Å². The third kappa shape index (κ3) is 4.50. The molecule has 1 heterocycles. The van der Waals surface area contributed by atoms with Gasteiger partial charge in [-0.1, -0.05) is 35.9 Å². The van der Waals surface area contributed by atoms with Crippen LogP contribution in [0.5, 0.6) is 5.75 Å². The van der Waals surface area contributed by atoms with Crippen LogP contribution in [0.15, 0.2) is 64.3 Å². The van der Waals surface area contributed by atoms with Crippen LogP contribution in [0.2, 0.25) is 5.02 Å². The SMILES string of the molecule is O=C(NN=Cc1ccccc1O)c1nn(Cc2ccc(Cl)cc2)cc1Br. The summed E-state index contributed by atoms with van der Waals surface area (Å²) >= 11 is 9.21. The summed E-state index contributed by atoms with van der Waals surface area (Å²) in [6, 6.07) is 14.1. The monoisotopic (exact) mass is 432 g/mol. The van der Waals surface area contributed by atoms with Gasteiger partial charge in [-0.2, -0.15) is 10.2 Å². The Morgan fingerprint density at radius 3 is 2.73 bits per heavy atom. The number of phenols is 1. The smallest absolute Gasteiger partial charge is 0.293 e. The molecule has 0 fully saturated rings. The summed E-state index contributed by atoms with van der Waals surface area (Å²) in [6.07, 6.45) is 3.09. The molecular formula is C18H14BrClN4O2. The Morgan fingerprint density at radius 1 is 1.27 bits per heavy atom. The number of nitrogens with one attached hydrogen (secondary N) is 1. The second-order valence-corrected chi connectivity index (χ2v) is 6.70. The van der Waals surface area contributed by atoms with Gasteiger partial charge in [-0.3, -0.25) is 9.48 Å². The van der Waals surface area contributed by atoms with E-state index in [1.807, 2.05) is 12.1 Å². The molecule has 0 saturated carbocycles. The third-order valence-corrected chi connectivity index (χ3v) is 4.33. The highest BCUT2D eigenvalue weighted by molar-refractivity contribution is 9.10. The molecule has 2 N–H and O–H groups in total. The molecule has 0 bridgehead atoms. The van der Waals surface area contributed by atoms with Crippen LogP contribution in [-0.4, -0.2) is 27.0 Å². The first kappa shape index (κ1) is 18.2. The second kappa shape index (κ2) is 8.16. The molecule has 0 aliphatic heterocycles. The first-order valence-electron chi connectivity index (χ1n) is 7.62. The van der Waals surface area contributed by atoms with Gasteiger partial charge in [0.05, 0.1) is 17.2 Å². The molecule has 132 valence electrons. The molecule has 6 nitrogen and oxygen atoms in total. The van der Waals surface area contributed by atoms with Crippen molar-refractivity contribution in [3.8, 4) is 5.75 Å². The van der Waals surface area contributed by atoms with Crippen molar-refractivity contribution in [1.29, 1.82) is 0 Å². The molecule has 26 heavy (non-hydrogen) atoms. The summed E-state index contributed by atoms with van der Waals surface area (Å²) in [7, 11) is 0. The summed E-state index contributed by atoms with van der Waals surface area (Å²) < 4.78 is 2.20. The number of carbonyl (C=O) groups is 1. The molecule has 1 aromatic heterocycles. The maximum Gasteiger partial charge on any atom is 0.293 e. The molecule has 3 aromatic rings. The van der Waals surface area contributed by atoms with Crippen molar-refractivity contribution in [1.82, 2.24) is 15.2 Å². The zero-order valence-electron chi connectivity index (χ0n) is 13.4. The lowest BCUT2D eigenvalue weighted by atomic mass is 10.2. The zero-order valence-corrected chi connectivity index (χ0v) is 15.8. The van der Waals surface area contributed by atoms with Crippen LogP contribution in [0, 0.1) is 0 Å². The normalized spacial score (nSPS) is 11.0. The van der Waals surface area contributed by atoms with Gasteiger partial charge in [0.25, 0.3) is 5.91 Å². The number of hydrogen-bond donors (Lipinski definition) is 2. The molecule has 8 heteroatoms. The highest BCUT2D eigenvalue weighted by atomic mass is 79.9. The average molecular weight is 434 g/mol. The summed E-state index contributed by atoms with van der Waals surface area (Å²) in [5.74, 6) is -0.377. The fourth-order valence-corrected chi connectivity index (χ4v) is 2.84. The van der Waals surface area contributed by atoms with E-state index in [9.17, 15) is 9.90 Å².